The predicted octanol–water partition coefficient (Wildman–Crippen LogP) is 4.44. The monoisotopic (exact) mass is 378 g/mol. The van der Waals surface area contributed by atoms with Crippen molar-refractivity contribution in [1.29, 1.82) is 5.26 Å². The number of hydrogen-bond donors (Lipinski definition) is 1. The number of hydrogen-bond acceptors (Lipinski definition) is 3. The van der Waals surface area contributed by atoms with Crippen LogP contribution < -0.4 is 5.32 Å². The second-order valence-electron chi connectivity index (χ2n) is 5.46. The minimum atomic E-state index is -4.62. The number of carbonyl (C=O) groups excluding carboxylic acids is 1. The fraction of sp³-hybridized carbons (Fsp3) is 0.118. The molecule has 1 aromatic carbocycles. The van der Waals surface area contributed by atoms with Crippen molar-refractivity contribution in [2.24, 2.45) is 0 Å². The molecule has 132 valence electrons. The number of aryl methyl sites for hydroxylation is 1. The highest BCUT2D eigenvalue weighted by molar-refractivity contribution is 6.33. The number of halogens is 4. The lowest BCUT2D eigenvalue weighted by atomic mass is 10.2. The van der Waals surface area contributed by atoms with Crippen LogP contribution in [0, 0.1) is 18.3 Å². The molecule has 0 aliphatic rings. The van der Waals surface area contributed by atoms with Gasteiger partial charge >= 0.3 is 6.18 Å². The molecule has 0 spiro atoms. The first-order valence-electron chi connectivity index (χ1n) is 7.27. The van der Waals surface area contributed by atoms with E-state index in [0.717, 1.165) is 16.7 Å². The third-order valence-electron chi connectivity index (χ3n) is 3.64. The average molecular weight is 379 g/mol. The zero-order valence-corrected chi connectivity index (χ0v) is 14.0. The average Bonchev–Trinajstić information content (AvgIpc) is 2.91. The molecule has 26 heavy (non-hydrogen) atoms. The molecule has 1 amide bonds. The summed E-state index contributed by atoms with van der Waals surface area (Å²) in [6, 6.07) is 8.85. The first-order chi connectivity index (χ1) is 12.2. The molecule has 1 N–H and O–H groups in total. The highest BCUT2D eigenvalue weighted by Crippen LogP contribution is 2.33. The molecule has 2 aromatic heterocycles. The summed E-state index contributed by atoms with van der Waals surface area (Å²) in [5.74, 6) is -0.666. The largest absolute Gasteiger partial charge is 0.417 e. The highest BCUT2D eigenvalue weighted by Gasteiger charge is 2.32. The minimum absolute atomic E-state index is 0.0492. The Morgan fingerprint density at radius 1 is 1.35 bits per heavy atom. The summed E-state index contributed by atoms with van der Waals surface area (Å²) >= 11 is 5.91. The normalized spacial score (nSPS) is 11.4. The Kier molecular flexibility index (Phi) is 4.34. The van der Waals surface area contributed by atoms with E-state index in [1.807, 2.05) is 6.07 Å². The maximum atomic E-state index is 13.0. The molecule has 0 atom stereocenters. The second kappa shape index (κ2) is 6.35. The van der Waals surface area contributed by atoms with E-state index in [1.54, 1.807) is 18.2 Å². The van der Waals surface area contributed by atoms with Crippen molar-refractivity contribution < 1.29 is 18.0 Å². The fourth-order valence-electron chi connectivity index (χ4n) is 2.50. The summed E-state index contributed by atoms with van der Waals surface area (Å²) in [5, 5.41) is 11.2. The van der Waals surface area contributed by atoms with Gasteiger partial charge < -0.3 is 5.32 Å². The van der Waals surface area contributed by atoms with Crippen LogP contribution in [0.25, 0.3) is 5.65 Å². The standard InChI is InChI=1S/C17H10ClF3N4O/c1-9-14(16(26)24-12-4-2-3-10(5-12)7-22)25-8-11(17(19,20)21)6-13(18)15(25)23-9/h2-6,8H,1H3,(H,24,26). The van der Waals surface area contributed by atoms with Crippen molar-refractivity contribution in [2.45, 2.75) is 13.1 Å². The number of amides is 1. The molecule has 0 unspecified atom stereocenters. The summed E-state index contributed by atoms with van der Waals surface area (Å²) in [6.07, 6.45) is -3.84. The molecular formula is C17H10ClF3N4O. The SMILES string of the molecule is Cc1nc2c(Cl)cc(C(F)(F)F)cn2c1C(=O)Nc1cccc(C#N)c1. The second-order valence-corrected chi connectivity index (χ2v) is 5.87. The van der Waals surface area contributed by atoms with Gasteiger partial charge in [-0.1, -0.05) is 17.7 Å². The van der Waals surface area contributed by atoms with Gasteiger partial charge in [0.1, 0.15) is 5.69 Å². The number of anilines is 1. The number of nitrogens with one attached hydrogen (secondary N) is 1. The van der Waals surface area contributed by atoms with Gasteiger partial charge in [-0.25, -0.2) is 4.98 Å². The Bertz CT molecular complexity index is 1070. The van der Waals surface area contributed by atoms with Gasteiger partial charge in [-0.05, 0) is 31.2 Å². The van der Waals surface area contributed by atoms with E-state index in [4.69, 9.17) is 16.9 Å². The fourth-order valence-corrected chi connectivity index (χ4v) is 2.75. The number of carbonyl (C=O) groups is 1. The van der Waals surface area contributed by atoms with Gasteiger partial charge in [-0.2, -0.15) is 18.4 Å². The summed E-state index contributed by atoms with van der Waals surface area (Å²) in [7, 11) is 0. The molecule has 2 heterocycles. The van der Waals surface area contributed by atoms with Crippen molar-refractivity contribution in [2.75, 3.05) is 5.32 Å². The van der Waals surface area contributed by atoms with Crippen molar-refractivity contribution in [1.82, 2.24) is 9.38 Å². The van der Waals surface area contributed by atoms with Crippen LogP contribution in [0.5, 0.6) is 0 Å². The first kappa shape index (κ1) is 17.8. The van der Waals surface area contributed by atoms with E-state index < -0.39 is 17.6 Å². The number of alkyl halides is 3. The number of fused-ring (bicyclic) bond motifs is 1. The molecule has 0 saturated heterocycles. The molecular weight excluding hydrogens is 369 g/mol. The van der Waals surface area contributed by atoms with Crippen molar-refractivity contribution in [3.05, 3.63) is 64.1 Å². The third kappa shape index (κ3) is 3.21. The van der Waals surface area contributed by atoms with Crippen molar-refractivity contribution in [3.8, 4) is 6.07 Å². The Morgan fingerprint density at radius 2 is 2.08 bits per heavy atom. The number of imidazole rings is 1. The summed E-state index contributed by atoms with van der Waals surface area (Å²) in [5.41, 5.74) is -0.127. The molecule has 3 rings (SSSR count). The van der Waals surface area contributed by atoms with Crippen molar-refractivity contribution >= 4 is 28.8 Å². The van der Waals surface area contributed by atoms with Gasteiger partial charge in [0.25, 0.3) is 5.91 Å². The minimum Gasteiger partial charge on any atom is -0.321 e. The summed E-state index contributed by atoms with van der Waals surface area (Å²) in [4.78, 5) is 16.7. The number of benzene rings is 1. The van der Waals surface area contributed by atoms with Gasteiger partial charge in [0.2, 0.25) is 0 Å². The van der Waals surface area contributed by atoms with Gasteiger partial charge in [0.15, 0.2) is 5.65 Å². The lowest BCUT2D eigenvalue weighted by Crippen LogP contribution is -2.16. The van der Waals surface area contributed by atoms with E-state index in [-0.39, 0.29) is 22.1 Å². The van der Waals surface area contributed by atoms with Gasteiger partial charge in [-0.3, -0.25) is 9.20 Å². The number of aromatic nitrogens is 2. The van der Waals surface area contributed by atoms with Crippen LogP contribution in [0.4, 0.5) is 18.9 Å². The Morgan fingerprint density at radius 3 is 2.73 bits per heavy atom. The number of nitrogens with zero attached hydrogens (tertiary/aromatic N) is 3. The zero-order valence-electron chi connectivity index (χ0n) is 13.2. The maximum Gasteiger partial charge on any atom is 0.417 e. The summed E-state index contributed by atoms with van der Waals surface area (Å²) in [6.45, 7) is 1.50. The van der Waals surface area contributed by atoms with E-state index in [2.05, 4.69) is 10.3 Å². The topological polar surface area (TPSA) is 70.2 Å². The van der Waals surface area contributed by atoms with Crippen LogP contribution in [0.2, 0.25) is 5.02 Å². The zero-order chi connectivity index (χ0) is 19.1. The lowest BCUT2D eigenvalue weighted by molar-refractivity contribution is -0.137. The molecule has 0 aliphatic heterocycles. The molecule has 9 heteroatoms. The molecule has 3 aromatic rings. The first-order valence-corrected chi connectivity index (χ1v) is 7.65. The number of nitriles is 1. The van der Waals surface area contributed by atoms with Crippen LogP contribution in [0.3, 0.4) is 0 Å². The molecule has 0 radical (unpaired) electrons. The van der Waals surface area contributed by atoms with Gasteiger partial charge in [-0.15, -0.1) is 0 Å². The Labute approximate surface area is 150 Å². The van der Waals surface area contributed by atoms with Crippen LogP contribution in [0.15, 0.2) is 36.5 Å². The van der Waals surface area contributed by atoms with Crippen molar-refractivity contribution in [3.63, 3.8) is 0 Å². The highest BCUT2D eigenvalue weighted by atomic mass is 35.5. The number of pyridine rings is 1. The van der Waals surface area contributed by atoms with Crippen LogP contribution in [-0.2, 0) is 6.18 Å². The predicted molar refractivity (Wildman–Crippen MR) is 89.1 cm³/mol. The van der Waals surface area contributed by atoms with Gasteiger partial charge in [0.05, 0.1) is 27.9 Å². The third-order valence-corrected chi connectivity index (χ3v) is 3.92. The van der Waals surface area contributed by atoms with Gasteiger partial charge in [0, 0.05) is 11.9 Å². The molecule has 5 nitrogen and oxygen atoms in total. The van der Waals surface area contributed by atoms with E-state index >= 15 is 0 Å². The maximum absolute atomic E-state index is 13.0. The quantitative estimate of drug-likeness (QED) is 0.716. The molecule has 0 fully saturated rings. The van der Waals surface area contributed by atoms with Crippen LogP contribution >= 0.6 is 11.6 Å². The smallest absolute Gasteiger partial charge is 0.321 e. The Balaban J connectivity index is 2.09. The lowest BCUT2D eigenvalue weighted by Gasteiger charge is -2.10. The van der Waals surface area contributed by atoms with E-state index in [0.29, 0.717) is 11.3 Å². The van der Waals surface area contributed by atoms with E-state index in [9.17, 15) is 18.0 Å². The number of rotatable bonds is 2. The van der Waals surface area contributed by atoms with Crippen LogP contribution in [0.1, 0.15) is 27.3 Å². The Hall–Kier alpha value is -3.05. The van der Waals surface area contributed by atoms with E-state index in [1.165, 1.54) is 13.0 Å². The molecule has 0 saturated carbocycles. The summed E-state index contributed by atoms with van der Waals surface area (Å²) < 4.78 is 40.1. The molecule has 0 aliphatic carbocycles. The van der Waals surface area contributed by atoms with Crippen LogP contribution in [-0.4, -0.2) is 15.3 Å². The molecule has 0 bridgehead atoms.